The molecular formula is C18H21N3O4S. The van der Waals surface area contributed by atoms with E-state index in [1.807, 2.05) is 18.4 Å². The third kappa shape index (κ3) is 3.71. The number of methoxy groups -OCH3 is 1. The minimum Gasteiger partial charge on any atom is -0.495 e. The minimum absolute atomic E-state index is 0.0913. The van der Waals surface area contributed by atoms with Crippen molar-refractivity contribution in [2.75, 3.05) is 19.0 Å². The Morgan fingerprint density at radius 1 is 1.46 bits per heavy atom. The van der Waals surface area contributed by atoms with Gasteiger partial charge in [-0.1, -0.05) is 6.07 Å². The van der Waals surface area contributed by atoms with Gasteiger partial charge in [-0.2, -0.15) is 0 Å². The SMILES string of the molecule is COc1ccc([N+](=O)[O-])cc1NC(=O)[C@H](C)N1CCC[C@H]1c1cccs1. The van der Waals surface area contributed by atoms with E-state index >= 15 is 0 Å². The first-order valence-electron chi connectivity index (χ1n) is 8.43. The molecule has 1 aliphatic heterocycles. The molecule has 2 atom stereocenters. The molecule has 1 N–H and O–H groups in total. The monoisotopic (exact) mass is 375 g/mol. The van der Waals surface area contributed by atoms with Gasteiger partial charge in [0, 0.05) is 23.1 Å². The van der Waals surface area contributed by atoms with Gasteiger partial charge in [0.05, 0.1) is 23.8 Å². The van der Waals surface area contributed by atoms with Gasteiger partial charge in [0.25, 0.3) is 5.69 Å². The summed E-state index contributed by atoms with van der Waals surface area (Å²) in [7, 11) is 1.47. The maximum atomic E-state index is 12.8. The molecule has 2 heterocycles. The summed E-state index contributed by atoms with van der Waals surface area (Å²) in [6.07, 6.45) is 2.07. The fraction of sp³-hybridized carbons (Fsp3) is 0.389. The number of nitrogens with zero attached hydrogens (tertiary/aromatic N) is 2. The highest BCUT2D eigenvalue weighted by Crippen LogP contribution is 2.36. The van der Waals surface area contributed by atoms with E-state index in [9.17, 15) is 14.9 Å². The van der Waals surface area contributed by atoms with E-state index < -0.39 is 4.92 Å². The molecule has 0 unspecified atom stereocenters. The topological polar surface area (TPSA) is 84.7 Å². The van der Waals surface area contributed by atoms with Crippen LogP contribution in [-0.2, 0) is 4.79 Å². The van der Waals surface area contributed by atoms with Crippen LogP contribution in [0.1, 0.15) is 30.7 Å². The van der Waals surface area contributed by atoms with Crippen LogP contribution in [0.5, 0.6) is 5.75 Å². The molecule has 0 spiro atoms. The van der Waals surface area contributed by atoms with Crippen molar-refractivity contribution in [2.45, 2.75) is 31.8 Å². The first-order chi connectivity index (χ1) is 12.5. The van der Waals surface area contributed by atoms with Crippen LogP contribution < -0.4 is 10.1 Å². The molecule has 0 aliphatic carbocycles. The molecule has 0 bridgehead atoms. The fourth-order valence-electron chi connectivity index (χ4n) is 3.33. The number of ether oxygens (including phenoxy) is 1. The maximum absolute atomic E-state index is 12.8. The quantitative estimate of drug-likeness (QED) is 0.613. The summed E-state index contributed by atoms with van der Waals surface area (Å²) in [6.45, 7) is 2.72. The van der Waals surface area contributed by atoms with Crippen LogP contribution in [-0.4, -0.2) is 35.4 Å². The lowest BCUT2D eigenvalue weighted by Crippen LogP contribution is -2.41. The highest BCUT2D eigenvalue weighted by atomic mass is 32.1. The summed E-state index contributed by atoms with van der Waals surface area (Å²) in [4.78, 5) is 26.7. The number of likely N-dealkylation sites (tertiary alicyclic amines) is 1. The van der Waals surface area contributed by atoms with E-state index in [2.05, 4.69) is 16.3 Å². The Labute approximate surface area is 155 Å². The second kappa shape index (κ2) is 7.84. The number of carbonyl (C=O) groups is 1. The highest BCUT2D eigenvalue weighted by Gasteiger charge is 2.33. The fourth-order valence-corrected chi connectivity index (χ4v) is 4.22. The third-order valence-corrected chi connectivity index (χ3v) is 5.67. The molecule has 1 aromatic carbocycles. The molecule has 1 aromatic heterocycles. The van der Waals surface area contributed by atoms with E-state index in [1.165, 1.54) is 30.2 Å². The molecule has 26 heavy (non-hydrogen) atoms. The third-order valence-electron chi connectivity index (χ3n) is 4.69. The lowest BCUT2D eigenvalue weighted by molar-refractivity contribution is -0.384. The summed E-state index contributed by atoms with van der Waals surface area (Å²) in [5.41, 5.74) is 0.219. The van der Waals surface area contributed by atoms with Crippen LogP contribution in [0.25, 0.3) is 0 Å². The number of hydrogen-bond acceptors (Lipinski definition) is 6. The Morgan fingerprint density at radius 2 is 2.27 bits per heavy atom. The van der Waals surface area contributed by atoms with Crippen LogP contribution in [0.2, 0.25) is 0 Å². The van der Waals surface area contributed by atoms with Gasteiger partial charge in [0.2, 0.25) is 5.91 Å². The lowest BCUT2D eigenvalue weighted by Gasteiger charge is -2.29. The van der Waals surface area contributed by atoms with E-state index in [4.69, 9.17) is 4.74 Å². The number of carbonyl (C=O) groups excluding carboxylic acids is 1. The molecule has 0 radical (unpaired) electrons. The second-order valence-electron chi connectivity index (χ2n) is 6.22. The molecule has 1 amide bonds. The number of anilines is 1. The van der Waals surface area contributed by atoms with Crippen molar-refractivity contribution in [2.24, 2.45) is 0 Å². The van der Waals surface area contributed by atoms with Gasteiger partial charge in [-0.05, 0) is 43.8 Å². The van der Waals surface area contributed by atoms with Gasteiger partial charge in [-0.25, -0.2) is 0 Å². The second-order valence-corrected chi connectivity index (χ2v) is 7.20. The van der Waals surface area contributed by atoms with Gasteiger partial charge in [-0.3, -0.25) is 19.8 Å². The standard InChI is InChI=1S/C18H21N3O4S/c1-12(20-9-3-5-15(20)17-6-4-10-26-17)18(22)19-14-11-13(21(23)24)7-8-16(14)25-2/h4,6-8,10-12,15H,3,5,9H2,1-2H3,(H,19,22)/t12-,15-/m0/s1. The van der Waals surface area contributed by atoms with Crippen molar-refractivity contribution < 1.29 is 14.5 Å². The Morgan fingerprint density at radius 3 is 2.92 bits per heavy atom. The predicted molar refractivity (Wildman–Crippen MR) is 101 cm³/mol. The Hall–Kier alpha value is -2.45. The molecule has 1 saturated heterocycles. The van der Waals surface area contributed by atoms with E-state index in [-0.39, 0.29) is 23.7 Å². The Bertz CT molecular complexity index is 794. The molecule has 138 valence electrons. The van der Waals surface area contributed by atoms with Crippen molar-refractivity contribution in [1.29, 1.82) is 0 Å². The highest BCUT2D eigenvalue weighted by molar-refractivity contribution is 7.10. The van der Waals surface area contributed by atoms with Crippen LogP contribution in [0.4, 0.5) is 11.4 Å². The van der Waals surface area contributed by atoms with Crippen molar-refractivity contribution in [3.05, 3.63) is 50.7 Å². The van der Waals surface area contributed by atoms with Crippen LogP contribution >= 0.6 is 11.3 Å². The number of benzene rings is 1. The summed E-state index contributed by atoms with van der Waals surface area (Å²) < 4.78 is 5.22. The van der Waals surface area contributed by atoms with Crippen molar-refractivity contribution >= 4 is 28.6 Å². The van der Waals surface area contributed by atoms with Crippen molar-refractivity contribution in [1.82, 2.24) is 4.90 Å². The van der Waals surface area contributed by atoms with Gasteiger partial charge in [0.1, 0.15) is 5.75 Å². The minimum atomic E-state index is -0.494. The summed E-state index contributed by atoms with van der Waals surface area (Å²) in [5, 5.41) is 15.8. The first-order valence-corrected chi connectivity index (χ1v) is 9.31. The number of amides is 1. The number of nitrogens with one attached hydrogen (secondary N) is 1. The maximum Gasteiger partial charge on any atom is 0.271 e. The number of thiophene rings is 1. The van der Waals surface area contributed by atoms with E-state index in [1.54, 1.807) is 11.3 Å². The molecular weight excluding hydrogens is 354 g/mol. The van der Waals surface area contributed by atoms with Gasteiger partial charge < -0.3 is 10.1 Å². The van der Waals surface area contributed by atoms with E-state index in [0.717, 1.165) is 19.4 Å². The zero-order valence-corrected chi connectivity index (χ0v) is 15.5. The first kappa shape index (κ1) is 18.3. The summed E-state index contributed by atoms with van der Waals surface area (Å²) in [5.74, 6) is 0.194. The zero-order valence-electron chi connectivity index (χ0n) is 14.7. The summed E-state index contributed by atoms with van der Waals surface area (Å²) >= 11 is 1.70. The lowest BCUT2D eigenvalue weighted by atomic mass is 10.1. The molecule has 8 heteroatoms. The van der Waals surface area contributed by atoms with Crippen LogP contribution in [0, 0.1) is 10.1 Å². The number of non-ortho nitro benzene ring substituents is 1. The van der Waals surface area contributed by atoms with Crippen molar-refractivity contribution in [3.63, 3.8) is 0 Å². The van der Waals surface area contributed by atoms with Gasteiger partial charge >= 0.3 is 0 Å². The smallest absolute Gasteiger partial charge is 0.271 e. The predicted octanol–water partition coefficient (Wildman–Crippen LogP) is 3.83. The van der Waals surface area contributed by atoms with E-state index in [0.29, 0.717) is 11.4 Å². The Balaban J connectivity index is 1.77. The average molecular weight is 375 g/mol. The largest absolute Gasteiger partial charge is 0.495 e. The molecule has 1 fully saturated rings. The molecule has 3 rings (SSSR count). The Kier molecular flexibility index (Phi) is 5.53. The number of nitro benzene ring substituents is 1. The van der Waals surface area contributed by atoms with Crippen molar-refractivity contribution in [3.8, 4) is 5.75 Å². The summed E-state index contributed by atoms with van der Waals surface area (Å²) in [6, 6.07) is 8.17. The molecule has 7 nitrogen and oxygen atoms in total. The molecule has 0 saturated carbocycles. The van der Waals surface area contributed by atoms with Crippen LogP contribution in [0.3, 0.4) is 0 Å². The van der Waals surface area contributed by atoms with Gasteiger partial charge in [0.15, 0.2) is 0 Å². The number of nitro groups is 1. The normalized spacial score (nSPS) is 18.5. The number of rotatable bonds is 6. The number of hydrogen-bond donors (Lipinski definition) is 1. The molecule has 1 aliphatic rings. The average Bonchev–Trinajstić information content (AvgIpc) is 3.31. The van der Waals surface area contributed by atoms with Crippen LogP contribution in [0.15, 0.2) is 35.7 Å². The van der Waals surface area contributed by atoms with Gasteiger partial charge in [-0.15, -0.1) is 11.3 Å². The zero-order chi connectivity index (χ0) is 18.7. The molecule has 2 aromatic rings.